The first-order chi connectivity index (χ1) is 15.1. The van der Waals surface area contributed by atoms with E-state index in [-0.39, 0.29) is 13.2 Å². The van der Waals surface area contributed by atoms with Crippen molar-refractivity contribution in [2.24, 2.45) is 11.8 Å². The normalized spacial score (nSPS) is 12.2. The van der Waals surface area contributed by atoms with E-state index in [0.717, 1.165) is 13.2 Å². The summed E-state index contributed by atoms with van der Waals surface area (Å²) in [6.45, 7) is 13.8. The maximum Gasteiger partial charge on any atom is 0.0697 e. The third-order valence-corrected chi connectivity index (χ3v) is 5.21. The van der Waals surface area contributed by atoms with Gasteiger partial charge in [-0.05, 0) is 31.6 Å². The number of benzene rings is 1. The van der Waals surface area contributed by atoms with Gasteiger partial charge in [0.2, 0.25) is 0 Å². The number of aliphatic hydroxyl groups excluding tert-OH is 2. The molecular weight excluding hydrogens is 388 g/mol. The summed E-state index contributed by atoms with van der Waals surface area (Å²) in [7, 11) is 0. The molecule has 0 heterocycles. The van der Waals surface area contributed by atoms with E-state index < -0.39 is 0 Å². The van der Waals surface area contributed by atoms with Gasteiger partial charge < -0.3 is 19.7 Å². The third kappa shape index (κ3) is 25.2. The van der Waals surface area contributed by atoms with Crippen LogP contribution in [0.4, 0.5) is 0 Å². The molecule has 0 fully saturated rings. The Balaban J connectivity index is 0. The van der Waals surface area contributed by atoms with Crippen LogP contribution in [0.1, 0.15) is 84.6 Å². The molecule has 4 nitrogen and oxygen atoms in total. The van der Waals surface area contributed by atoms with E-state index in [1.54, 1.807) is 0 Å². The Morgan fingerprint density at radius 3 is 1.39 bits per heavy atom. The molecule has 0 amide bonds. The Hall–Kier alpha value is -0.940. The largest absolute Gasteiger partial charge is 0.394 e. The maximum absolute atomic E-state index is 8.50. The van der Waals surface area contributed by atoms with E-state index in [1.165, 1.54) is 56.9 Å². The molecule has 184 valence electrons. The van der Waals surface area contributed by atoms with Gasteiger partial charge in [-0.2, -0.15) is 0 Å². The zero-order valence-corrected chi connectivity index (χ0v) is 21.2. The molecule has 0 aliphatic rings. The molecule has 31 heavy (non-hydrogen) atoms. The standard InChI is InChI=1S/2C10H22O2.C7H8/c2*1-3-5-6-10(4-2)9-12-8-7-11;1-7-5-3-2-4-6-7/h2*10-11H,3-9H2,1-2H3;2-6H,1H3. The number of hydrogen-bond donors (Lipinski definition) is 2. The first-order valence-electron chi connectivity index (χ1n) is 12.5. The number of aryl methyl sites for hydroxylation is 1. The van der Waals surface area contributed by atoms with Gasteiger partial charge in [-0.25, -0.2) is 0 Å². The molecule has 0 aliphatic carbocycles. The smallest absolute Gasteiger partial charge is 0.0697 e. The van der Waals surface area contributed by atoms with Crippen LogP contribution in [0.2, 0.25) is 0 Å². The lowest BCUT2D eigenvalue weighted by Gasteiger charge is -2.13. The molecule has 4 heteroatoms. The van der Waals surface area contributed by atoms with Crippen LogP contribution >= 0.6 is 0 Å². The summed E-state index contributed by atoms with van der Waals surface area (Å²) in [5.74, 6) is 1.38. The third-order valence-electron chi connectivity index (χ3n) is 5.21. The topological polar surface area (TPSA) is 58.9 Å². The van der Waals surface area contributed by atoms with Crippen LogP contribution in [0.15, 0.2) is 30.3 Å². The molecule has 0 aliphatic heterocycles. The fourth-order valence-electron chi connectivity index (χ4n) is 2.96. The average molecular weight is 441 g/mol. The number of hydrogen-bond acceptors (Lipinski definition) is 4. The number of ether oxygens (including phenoxy) is 2. The van der Waals surface area contributed by atoms with Crippen LogP contribution in [0.5, 0.6) is 0 Å². The molecule has 1 rings (SSSR count). The van der Waals surface area contributed by atoms with E-state index in [4.69, 9.17) is 19.7 Å². The van der Waals surface area contributed by atoms with Crippen molar-refractivity contribution in [1.29, 1.82) is 0 Å². The minimum Gasteiger partial charge on any atom is -0.394 e. The molecule has 2 N–H and O–H groups in total. The van der Waals surface area contributed by atoms with Crippen LogP contribution in [0, 0.1) is 18.8 Å². The van der Waals surface area contributed by atoms with Crippen molar-refractivity contribution >= 4 is 0 Å². The van der Waals surface area contributed by atoms with E-state index in [2.05, 4.69) is 46.8 Å². The summed E-state index contributed by atoms with van der Waals surface area (Å²) in [4.78, 5) is 0. The molecule has 0 bridgehead atoms. The van der Waals surface area contributed by atoms with Gasteiger partial charge in [0.05, 0.1) is 26.4 Å². The molecule has 2 atom stereocenters. The molecule has 0 radical (unpaired) electrons. The molecular formula is C27H52O4. The van der Waals surface area contributed by atoms with E-state index in [1.807, 2.05) is 18.2 Å². The molecule has 1 aromatic rings. The van der Waals surface area contributed by atoms with E-state index in [9.17, 15) is 0 Å². The fraction of sp³-hybridized carbons (Fsp3) is 0.778. The maximum atomic E-state index is 8.50. The highest BCUT2D eigenvalue weighted by atomic mass is 16.5. The lowest BCUT2D eigenvalue weighted by atomic mass is 10.0. The van der Waals surface area contributed by atoms with Crippen molar-refractivity contribution < 1.29 is 19.7 Å². The molecule has 2 unspecified atom stereocenters. The summed E-state index contributed by atoms with van der Waals surface area (Å²) >= 11 is 0. The molecule has 0 saturated heterocycles. The quantitative estimate of drug-likeness (QED) is 0.291. The van der Waals surface area contributed by atoms with Gasteiger partial charge in [-0.1, -0.05) is 102 Å². The van der Waals surface area contributed by atoms with Crippen molar-refractivity contribution in [2.45, 2.75) is 86.0 Å². The Morgan fingerprint density at radius 2 is 1.13 bits per heavy atom. The van der Waals surface area contributed by atoms with Crippen molar-refractivity contribution in [3.05, 3.63) is 35.9 Å². The van der Waals surface area contributed by atoms with Crippen molar-refractivity contribution in [1.82, 2.24) is 0 Å². The highest BCUT2D eigenvalue weighted by Crippen LogP contribution is 2.13. The highest BCUT2D eigenvalue weighted by molar-refractivity contribution is 5.11. The van der Waals surface area contributed by atoms with Crippen molar-refractivity contribution in [3.63, 3.8) is 0 Å². The van der Waals surface area contributed by atoms with Crippen LogP contribution < -0.4 is 0 Å². The SMILES string of the molecule is CCCCC(CC)COCCO.CCCCC(CC)COCCO.Cc1ccccc1. The van der Waals surface area contributed by atoms with Gasteiger partial charge in [0.25, 0.3) is 0 Å². The van der Waals surface area contributed by atoms with Crippen LogP contribution in [-0.4, -0.2) is 49.9 Å². The van der Waals surface area contributed by atoms with Crippen molar-refractivity contribution in [2.75, 3.05) is 39.6 Å². The second-order valence-electron chi connectivity index (χ2n) is 8.08. The molecule has 0 spiro atoms. The lowest BCUT2D eigenvalue weighted by molar-refractivity contribution is 0.0640. The van der Waals surface area contributed by atoms with Gasteiger partial charge in [0, 0.05) is 13.2 Å². The van der Waals surface area contributed by atoms with Gasteiger partial charge in [0.1, 0.15) is 0 Å². The second-order valence-corrected chi connectivity index (χ2v) is 8.08. The molecule has 1 aromatic carbocycles. The monoisotopic (exact) mass is 440 g/mol. The number of aliphatic hydroxyl groups is 2. The van der Waals surface area contributed by atoms with E-state index >= 15 is 0 Å². The van der Waals surface area contributed by atoms with Crippen LogP contribution in [-0.2, 0) is 9.47 Å². The highest BCUT2D eigenvalue weighted by Gasteiger charge is 2.05. The summed E-state index contributed by atoms with van der Waals surface area (Å²) in [5.41, 5.74) is 1.32. The fourth-order valence-corrected chi connectivity index (χ4v) is 2.96. The van der Waals surface area contributed by atoms with Gasteiger partial charge >= 0.3 is 0 Å². The van der Waals surface area contributed by atoms with Crippen molar-refractivity contribution in [3.8, 4) is 0 Å². The van der Waals surface area contributed by atoms with Crippen LogP contribution in [0.3, 0.4) is 0 Å². The first-order valence-corrected chi connectivity index (χ1v) is 12.5. The van der Waals surface area contributed by atoms with Gasteiger partial charge in [-0.3, -0.25) is 0 Å². The Morgan fingerprint density at radius 1 is 0.710 bits per heavy atom. The Labute approximate surface area is 193 Å². The average Bonchev–Trinajstić information content (AvgIpc) is 2.80. The summed E-state index contributed by atoms with van der Waals surface area (Å²) in [6, 6.07) is 10.3. The summed E-state index contributed by atoms with van der Waals surface area (Å²) < 4.78 is 10.6. The van der Waals surface area contributed by atoms with Gasteiger partial charge in [-0.15, -0.1) is 0 Å². The minimum absolute atomic E-state index is 0.143. The molecule has 0 saturated carbocycles. The zero-order chi connectivity index (χ0) is 23.6. The predicted octanol–water partition coefficient (Wildman–Crippen LogP) is 6.42. The Bertz CT molecular complexity index is 403. The summed E-state index contributed by atoms with van der Waals surface area (Å²) in [5, 5.41) is 17.0. The second kappa shape index (κ2) is 27.1. The summed E-state index contributed by atoms with van der Waals surface area (Å²) in [6.07, 6.45) is 10.0. The molecule has 0 aromatic heterocycles. The number of rotatable bonds is 16. The van der Waals surface area contributed by atoms with E-state index in [0.29, 0.717) is 25.0 Å². The van der Waals surface area contributed by atoms with Crippen LogP contribution in [0.25, 0.3) is 0 Å². The predicted molar refractivity (Wildman–Crippen MR) is 134 cm³/mol. The lowest BCUT2D eigenvalue weighted by Crippen LogP contribution is -2.10. The Kier molecular flexibility index (Phi) is 28.2. The number of unbranched alkanes of at least 4 members (excludes halogenated alkanes) is 2. The minimum atomic E-state index is 0.143. The first kappa shape index (κ1) is 32.2. The zero-order valence-electron chi connectivity index (χ0n) is 21.2. The van der Waals surface area contributed by atoms with Gasteiger partial charge in [0.15, 0.2) is 0 Å².